The molecule has 0 radical (unpaired) electrons. The Balaban J connectivity index is 0.00000320. The highest BCUT2D eigenvalue weighted by Gasteiger charge is 2.42. The molecule has 2 fully saturated rings. The van der Waals surface area contributed by atoms with Gasteiger partial charge in [-0.05, 0) is 36.8 Å². The molecule has 2 aliphatic rings. The van der Waals surface area contributed by atoms with E-state index < -0.39 is 12.1 Å². The topological polar surface area (TPSA) is 56.7 Å². The number of aliphatic imine (C=N–C) groups is 1. The molecule has 1 aromatic rings. The van der Waals surface area contributed by atoms with E-state index in [1.54, 1.807) is 7.05 Å². The van der Waals surface area contributed by atoms with Crippen molar-refractivity contribution >= 4 is 35.8 Å². The number of hydrogen-bond acceptors (Lipinski definition) is 2. The van der Waals surface area contributed by atoms with Crippen molar-refractivity contribution in [2.24, 2.45) is 10.9 Å². The molecule has 3 rings (SSSR count). The van der Waals surface area contributed by atoms with E-state index >= 15 is 0 Å². The van der Waals surface area contributed by atoms with Crippen molar-refractivity contribution in [3.63, 3.8) is 0 Å². The molecule has 2 N–H and O–H groups in total. The Labute approximate surface area is 192 Å². The molecule has 1 aliphatic carbocycles. The summed E-state index contributed by atoms with van der Waals surface area (Å²) in [5.74, 6) is -0.530. The summed E-state index contributed by atoms with van der Waals surface area (Å²) < 4.78 is 39.0. The van der Waals surface area contributed by atoms with Crippen molar-refractivity contribution in [1.82, 2.24) is 15.5 Å². The van der Waals surface area contributed by atoms with Crippen molar-refractivity contribution in [2.75, 3.05) is 13.6 Å². The van der Waals surface area contributed by atoms with Crippen LogP contribution in [-0.4, -0.2) is 42.6 Å². The van der Waals surface area contributed by atoms with Gasteiger partial charge in [-0.2, -0.15) is 13.2 Å². The number of hydrogen-bond donors (Lipinski definition) is 2. The summed E-state index contributed by atoms with van der Waals surface area (Å²) in [6.45, 7) is 1.93. The number of guanidine groups is 1. The molecule has 2 atom stereocenters. The predicted octanol–water partition coefficient (Wildman–Crippen LogP) is 4.21. The van der Waals surface area contributed by atoms with Crippen LogP contribution >= 0.6 is 24.0 Å². The van der Waals surface area contributed by atoms with Crippen LogP contribution in [0, 0.1) is 5.92 Å². The molecule has 9 heteroatoms. The van der Waals surface area contributed by atoms with Gasteiger partial charge in [0.25, 0.3) is 0 Å². The third-order valence-corrected chi connectivity index (χ3v) is 5.70. The molecule has 0 bridgehead atoms. The van der Waals surface area contributed by atoms with Gasteiger partial charge in [0.1, 0.15) is 0 Å². The van der Waals surface area contributed by atoms with Crippen LogP contribution in [0.2, 0.25) is 0 Å². The first-order chi connectivity index (χ1) is 13.8. The highest BCUT2D eigenvalue weighted by Crippen LogP contribution is 2.37. The zero-order chi connectivity index (χ0) is 20.9. The normalized spacial score (nSPS) is 22.6. The minimum absolute atomic E-state index is 0. The number of benzene rings is 1. The van der Waals surface area contributed by atoms with Crippen molar-refractivity contribution in [2.45, 2.75) is 63.8 Å². The molecule has 0 spiro atoms. The molecule has 1 amide bonds. The summed E-state index contributed by atoms with van der Waals surface area (Å²) in [5, 5.41) is 6.34. The average molecular weight is 538 g/mol. The lowest BCUT2D eigenvalue weighted by Crippen LogP contribution is -2.46. The average Bonchev–Trinajstić information content (AvgIpc) is 3.09. The summed E-state index contributed by atoms with van der Waals surface area (Å²) in [7, 11) is 1.62. The van der Waals surface area contributed by atoms with Gasteiger partial charge in [-0.1, -0.05) is 30.7 Å². The molecule has 1 saturated heterocycles. The zero-order valence-corrected chi connectivity index (χ0v) is 19.5. The van der Waals surface area contributed by atoms with Crippen LogP contribution < -0.4 is 10.6 Å². The molecule has 1 saturated carbocycles. The van der Waals surface area contributed by atoms with E-state index in [-0.39, 0.29) is 48.8 Å². The Morgan fingerprint density at radius 1 is 1.23 bits per heavy atom. The highest BCUT2D eigenvalue weighted by atomic mass is 127. The van der Waals surface area contributed by atoms with Crippen molar-refractivity contribution in [3.05, 3.63) is 35.4 Å². The molecule has 168 valence electrons. The molecule has 1 aliphatic heterocycles. The minimum Gasteiger partial charge on any atom is -0.354 e. The van der Waals surface area contributed by atoms with Gasteiger partial charge in [-0.3, -0.25) is 9.79 Å². The van der Waals surface area contributed by atoms with Crippen molar-refractivity contribution in [1.29, 1.82) is 0 Å². The van der Waals surface area contributed by atoms with Gasteiger partial charge in [0.2, 0.25) is 5.91 Å². The Morgan fingerprint density at radius 2 is 2.00 bits per heavy atom. The Bertz CT molecular complexity index is 741. The monoisotopic (exact) mass is 538 g/mol. The third kappa shape index (κ3) is 7.02. The van der Waals surface area contributed by atoms with Gasteiger partial charge in [0.15, 0.2) is 5.96 Å². The number of alkyl halides is 3. The maximum Gasteiger partial charge on any atom is 0.391 e. The molecule has 5 nitrogen and oxygen atoms in total. The Kier molecular flexibility index (Phi) is 9.24. The van der Waals surface area contributed by atoms with E-state index in [9.17, 15) is 18.0 Å². The molecule has 1 heterocycles. The van der Waals surface area contributed by atoms with Gasteiger partial charge in [-0.15, -0.1) is 24.0 Å². The minimum atomic E-state index is -4.13. The van der Waals surface area contributed by atoms with E-state index in [1.165, 1.54) is 0 Å². The first-order valence-corrected chi connectivity index (χ1v) is 10.2. The number of nitrogens with zero attached hydrogens (tertiary/aromatic N) is 2. The van der Waals surface area contributed by atoms with E-state index in [1.807, 2.05) is 29.2 Å². The Hall–Kier alpha value is -1.52. The summed E-state index contributed by atoms with van der Waals surface area (Å²) in [6, 6.07) is 7.76. The second-order valence-electron chi connectivity index (χ2n) is 7.91. The lowest BCUT2D eigenvalue weighted by Gasteiger charge is -2.31. The Morgan fingerprint density at radius 3 is 2.67 bits per heavy atom. The summed E-state index contributed by atoms with van der Waals surface area (Å²) >= 11 is 0. The van der Waals surface area contributed by atoms with E-state index in [4.69, 9.17) is 0 Å². The number of amides is 1. The first kappa shape index (κ1) is 24.7. The summed E-state index contributed by atoms with van der Waals surface area (Å²) in [5.41, 5.74) is 2.11. The first-order valence-electron chi connectivity index (χ1n) is 10.2. The maximum atomic E-state index is 13.0. The quantitative estimate of drug-likeness (QED) is 0.336. The van der Waals surface area contributed by atoms with Crippen LogP contribution in [0.25, 0.3) is 0 Å². The summed E-state index contributed by atoms with van der Waals surface area (Å²) in [4.78, 5) is 17.8. The molecular weight excluding hydrogens is 508 g/mol. The standard InChI is InChI=1S/C21H29F3N4O.HI/c1-25-20(27-18-8-3-7-17(12-18)21(22,23)24)26-13-15-5-2-6-16(11-15)14-28-10-4-9-19(28)29;/h2,5-6,11,17-18H,3-4,7-10,12-14H2,1H3,(H2,25,26,27);1H. The number of carbonyl (C=O) groups excluding carboxylic acids is 1. The smallest absolute Gasteiger partial charge is 0.354 e. The van der Waals surface area contributed by atoms with Crippen LogP contribution in [0.1, 0.15) is 49.7 Å². The largest absolute Gasteiger partial charge is 0.391 e. The molecule has 2 unspecified atom stereocenters. The number of carbonyl (C=O) groups is 1. The lowest BCUT2D eigenvalue weighted by molar-refractivity contribution is -0.183. The summed E-state index contributed by atoms with van der Waals surface area (Å²) in [6.07, 6.45) is -1.02. The van der Waals surface area contributed by atoms with E-state index in [2.05, 4.69) is 15.6 Å². The fraction of sp³-hybridized carbons (Fsp3) is 0.619. The van der Waals surface area contributed by atoms with Gasteiger partial charge in [0, 0.05) is 39.1 Å². The SMILES string of the molecule is CN=C(NCc1cccc(CN2CCCC2=O)c1)NC1CCCC(C(F)(F)F)C1.I. The molecular formula is C21H30F3IN4O. The molecule has 0 aromatic heterocycles. The van der Waals surface area contributed by atoms with Gasteiger partial charge >= 0.3 is 6.18 Å². The van der Waals surface area contributed by atoms with Gasteiger partial charge in [-0.25, -0.2) is 0 Å². The number of likely N-dealkylation sites (tertiary alicyclic amines) is 1. The van der Waals surface area contributed by atoms with Crippen LogP contribution in [-0.2, 0) is 17.9 Å². The van der Waals surface area contributed by atoms with Crippen LogP contribution in [0.5, 0.6) is 0 Å². The number of halogens is 4. The van der Waals surface area contributed by atoms with Crippen molar-refractivity contribution < 1.29 is 18.0 Å². The van der Waals surface area contributed by atoms with Crippen LogP contribution in [0.15, 0.2) is 29.3 Å². The second-order valence-corrected chi connectivity index (χ2v) is 7.91. The van der Waals surface area contributed by atoms with Gasteiger partial charge in [0.05, 0.1) is 5.92 Å². The molecule has 30 heavy (non-hydrogen) atoms. The fourth-order valence-corrected chi connectivity index (χ4v) is 4.12. The fourth-order valence-electron chi connectivity index (χ4n) is 4.12. The zero-order valence-electron chi connectivity index (χ0n) is 17.2. The predicted molar refractivity (Wildman–Crippen MR) is 122 cm³/mol. The second kappa shape index (κ2) is 11.2. The maximum absolute atomic E-state index is 13.0. The van der Waals surface area contributed by atoms with Crippen molar-refractivity contribution in [3.8, 4) is 0 Å². The molecule has 1 aromatic carbocycles. The van der Waals surface area contributed by atoms with Crippen LogP contribution in [0.3, 0.4) is 0 Å². The van der Waals surface area contributed by atoms with Crippen LogP contribution in [0.4, 0.5) is 13.2 Å². The van der Waals surface area contributed by atoms with Gasteiger partial charge < -0.3 is 15.5 Å². The van der Waals surface area contributed by atoms with E-state index in [0.29, 0.717) is 38.3 Å². The number of rotatable bonds is 5. The number of nitrogens with one attached hydrogen (secondary N) is 2. The third-order valence-electron chi connectivity index (χ3n) is 5.70. The highest BCUT2D eigenvalue weighted by molar-refractivity contribution is 14.0. The van der Waals surface area contributed by atoms with E-state index in [0.717, 1.165) is 24.1 Å². The lowest BCUT2D eigenvalue weighted by atomic mass is 9.85.